The molecule has 3 aromatic heterocycles. The quantitative estimate of drug-likeness (QED) is 0.472. The van der Waals surface area contributed by atoms with Gasteiger partial charge in [-0.3, -0.25) is 9.78 Å². The van der Waals surface area contributed by atoms with Gasteiger partial charge in [-0.15, -0.1) is 0 Å². The zero-order valence-corrected chi connectivity index (χ0v) is 18.3. The van der Waals surface area contributed by atoms with Crippen molar-refractivity contribution in [2.24, 2.45) is 13.0 Å². The Morgan fingerprint density at radius 3 is 2.71 bits per heavy atom. The van der Waals surface area contributed by atoms with Crippen LogP contribution in [0.25, 0.3) is 32.9 Å². The average Bonchev–Trinajstić information content (AvgIpc) is 3.54. The summed E-state index contributed by atoms with van der Waals surface area (Å²) in [6, 6.07) is 6.29. The zero-order valence-electron chi connectivity index (χ0n) is 18.3. The predicted molar refractivity (Wildman–Crippen MR) is 124 cm³/mol. The van der Waals surface area contributed by atoms with Crippen molar-refractivity contribution in [3.63, 3.8) is 0 Å². The third kappa shape index (κ3) is 3.67. The van der Waals surface area contributed by atoms with Crippen molar-refractivity contribution in [2.45, 2.75) is 46.0 Å². The van der Waals surface area contributed by atoms with Crippen LogP contribution < -0.4 is 5.32 Å². The summed E-state index contributed by atoms with van der Waals surface area (Å²) in [5.41, 5.74) is 6.47. The van der Waals surface area contributed by atoms with Crippen LogP contribution in [0.5, 0.6) is 0 Å². The van der Waals surface area contributed by atoms with Crippen molar-refractivity contribution in [1.29, 1.82) is 0 Å². The summed E-state index contributed by atoms with van der Waals surface area (Å²) in [4.78, 5) is 26.1. The minimum absolute atomic E-state index is 0.0644. The highest BCUT2D eigenvalue weighted by Gasteiger charge is 2.29. The molecule has 1 saturated carbocycles. The van der Waals surface area contributed by atoms with E-state index in [9.17, 15) is 4.79 Å². The maximum Gasteiger partial charge on any atom is 0.228 e. The molecule has 0 spiro atoms. The van der Waals surface area contributed by atoms with Crippen LogP contribution >= 0.6 is 0 Å². The molecule has 0 bridgehead atoms. The van der Waals surface area contributed by atoms with Crippen LogP contribution in [0.2, 0.25) is 0 Å². The van der Waals surface area contributed by atoms with E-state index in [0.717, 1.165) is 70.7 Å². The number of pyridine rings is 2. The summed E-state index contributed by atoms with van der Waals surface area (Å²) in [5.74, 6) is 0.805. The molecule has 3 heterocycles. The molecule has 158 valence electrons. The number of hydrogen-bond acceptors (Lipinski definition) is 4. The van der Waals surface area contributed by atoms with E-state index in [1.165, 1.54) is 5.56 Å². The number of aryl methyl sites for hydroxylation is 3. The normalized spacial score (nSPS) is 13.8. The van der Waals surface area contributed by atoms with Crippen LogP contribution in [0, 0.1) is 12.8 Å². The van der Waals surface area contributed by atoms with E-state index in [2.05, 4.69) is 36.3 Å². The third-order valence-electron chi connectivity index (χ3n) is 6.13. The Balaban J connectivity index is 1.62. The predicted octanol–water partition coefficient (Wildman–Crippen LogP) is 5.18. The molecule has 6 nitrogen and oxygen atoms in total. The van der Waals surface area contributed by atoms with Gasteiger partial charge in [0.1, 0.15) is 5.82 Å². The molecular weight excluding hydrogens is 386 g/mol. The molecule has 31 heavy (non-hydrogen) atoms. The van der Waals surface area contributed by atoms with Crippen LogP contribution in [-0.4, -0.2) is 25.4 Å². The van der Waals surface area contributed by atoms with Gasteiger partial charge in [-0.2, -0.15) is 0 Å². The summed E-state index contributed by atoms with van der Waals surface area (Å²) < 4.78 is 2.03. The lowest BCUT2D eigenvalue weighted by Gasteiger charge is -2.12. The van der Waals surface area contributed by atoms with Gasteiger partial charge in [0, 0.05) is 53.0 Å². The van der Waals surface area contributed by atoms with Crippen molar-refractivity contribution in [1.82, 2.24) is 19.5 Å². The lowest BCUT2D eigenvalue weighted by molar-refractivity contribution is -0.117. The van der Waals surface area contributed by atoms with Gasteiger partial charge in [0.15, 0.2) is 0 Å². The average molecular weight is 414 g/mol. The molecule has 1 N–H and O–H groups in total. The van der Waals surface area contributed by atoms with Gasteiger partial charge >= 0.3 is 0 Å². The standard InChI is InChI=1S/C25H27N5O/c1-4-5-6-18-9-15(2)21(13-26-18)20-10-17-12-27-22(29-25(31)16-7-8-16)11-19(17)24-23(20)28-14-30(24)3/h9-14,16H,4-8H2,1-3H3,(H,27,29,31). The Morgan fingerprint density at radius 2 is 1.97 bits per heavy atom. The second-order valence-electron chi connectivity index (χ2n) is 8.63. The molecule has 0 atom stereocenters. The number of nitrogens with zero attached hydrogens (tertiary/aromatic N) is 4. The van der Waals surface area contributed by atoms with Gasteiger partial charge in [-0.1, -0.05) is 13.3 Å². The number of aromatic nitrogens is 4. The van der Waals surface area contributed by atoms with Crippen LogP contribution in [0.1, 0.15) is 43.9 Å². The highest BCUT2D eigenvalue weighted by molar-refractivity contribution is 6.12. The number of anilines is 1. The zero-order chi connectivity index (χ0) is 21.5. The molecular formula is C25H27N5O. The number of amides is 1. The SMILES string of the molecule is CCCCc1cc(C)c(-c2cc3cnc(NC(=O)C4CC4)cc3c3c2ncn3C)cn1. The Labute approximate surface area is 181 Å². The second-order valence-corrected chi connectivity index (χ2v) is 8.63. The molecule has 5 rings (SSSR count). The number of carbonyl (C=O) groups is 1. The summed E-state index contributed by atoms with van der Waals surface area (Å²) in [7, 11) is 2.00. The fourth-order valence-corrected chi connectivity index (χ4v) is 4.19. The Morgan fingerprint density at radius 1 is 1.13 bits per heavy atom. The number of benzene rings is 1. The molecule has 1 aliphatic carbocycles. The molecule has 0 aliphatic heterocycles. The number of carbonyl (C=O) groups excluding carboxylic acids is 1. The van der Waals surface area contributed by atoms with Gasteiger partial charge in [-0.25, -0.2) is 9.97 Å². The Bertz CT molecular complexity index is 1300. The first-order valence-corrected chi connectivity index (χ1v) is 11.1. The molecule has 1 aliphatic rings. The Kier molecular flexibility index (Phi) is 4.93. The molecule has 1 amide bonds. The lowest BCUT2D eigenvalue weighted by atomic mass is 9.97. The number of nitrogens with one attached hydrogen (secondary N) is 1. The highest BCUT2D eigenvalue weighted by Crippen LogP contribution is 2.36. The largest absolute Gasteiger partial charge is 0.333 e. The number of unbranched alkanes of at least 4 members (excludes halogenated alkanes) is 1. The van der Waals surface area contributed by atoms with Crippen molar-refractivity contribution in [2.75, 3.05) is 5.32 Å². The van der Waals surface area contributed by atoms with Crippen LogP contribution in [0.15, 0.2) is 36.9 Å². The minimum atomic E-state index is 0.0644. The summed E-state index contributed by atoms with van der Waals surface area (Å²) in [5, 5.41) is 5.01. The van der Waals surface area contributed by atoms with E-state index in [1.807, 2.05) is 36.4 Å². The number of fused-ring (bicyclic) bond motifs is 3. The van der Waals surface area contributed by atoms with Gasteiger partial charge in [0.05, 0.1) is 17.4 Å². The van der Waals surface area contributed by atoms with Gasteiger partial charge in [0.25, 0.3) is 0 Å². The first-order chi connectivity index (χ1) is 15.0. The maximum absolute atomic E-state index is 12.2. The summed E-state index contributed by atoms with van der Waals surface area (Å²) >= 11 is 0. The fourth-order valence-electron chi connectivity index (χ4n) is 4.19. The van der Waals surface area contributed by atoms with E-state index in [-0.39, 0.29) is 11.8 Å². The van der Waals surface area contributed by atoms with E-state index in [0.29, 0.717) is 5.82 Å². The second kappa shape index (κ2) is 7.76. The maximum atomic E-state index is 12.2. The van der Waals surface area contributed by atoms with Crippen LogP contribution in [0.3, 0.4) is 0 Å². The monoisotopic (exact) mass is 413 g/mol. The van der Waals surface area contributed by atoms with Crippen molar-refractivity contribution in [3.8, 4) is 11.1 Å². The van der Waals surface area contributed by atoms with Gasteiger partial charge in [-0.05, 0) is 56.4 Å². The molecule has 1 fully saturated rings. The van der Waals surface area contributed by atoms with Gasteiger partial charge < -0.3 is 9.88 Å². The Hall–Kier alpha value is -3.28. The van der Waals surface area contributed by atoms with Crippen LogP contribution in [-0.2, 0) is 18.3 Å². The summed E-state index contributed by atoms with van der Waals surface area (Å²) in [6.07, 6.45) is 10.9. The van der Waals surface area contributed by atoms with E-state index in [4.69, 9.17) is 9.97 Å². The topological polar surface area (TPSA) is 72.7 Å². The lowest BCUT2D eigenvalue weighted by Crippen LogP contribution is -2.14. The molecule has 0 saturated heterocycles. The first-order valence-electron chi connectivity index (χ1n) is 11.1. The summed E-state index contributed by atoms with van der Waals surface area (Å²) in [6.45, 7) is 4.34. The molecule has 4 aromatic rings. The number of imidazole rings is 1. The van der Waals surface area contributed by atoms with E-state index >= 15 is 0 Å². The molecule has 6 heteroatoms. The van der Waals surface area contributed by atoms with E-state index in [1.54, 1.807) is 0 Å². The van der Waals surface area contributed by atoms with Crippen molar-refractivity contribution < 1.29 is 4.79 Å². The fraction of sp³-hybridized carbons (Fsp3) is 0.360. The number of hydrogen-bond donors (Lipinski definition) is 1. The number of rotatable bonds is 6. The molecule has 0 radical (unpaired) electrons. The molecule has 0 unspecified atom stereocenters. The van der Waals surface area contributed by atoms with Gasteiger partial charge in [0.2, 0.25) is 5.91 Å². The van der Waals surface area contributed by atoms with Crippen molar-refractivity contribution in [3.05, 3.63) is 48.2 Å². The van der Waals surface area contributed by atoms with Crippen molar-refractivity contribution >= 4 is 33.5 Å². The smallest absolute Gasteiger partial charge is 0.228 e. The van der Waals surface area contributed by atoms with Crippen LogP contribution in [0.4, 0.5) is 5.82 Å². The van der Waals surface area contributed by atoms with E-state index < -0.39 is 0 Å². The highest BCUT2D eigenvalue weighted by atomic mass is 16.2. The minimum Gasteiger partial charge on any atom is -0.333 e. The molecule has 1 aromatic carbocycles. The third-order valence-corrected chi connectivity index (χ3v) is 6.13. The first kappa shape index (κ1) is 19.7.